The molecule has 0 fully saturated rings. The fourth-order valence-electron chi connectivity index (χ4n) is 0.799. The molecule has 0 heterocycles. The average molecular weight is 149 g/mol. The lowest BCUT2D eigenvalue weighted by molar-refractivity contribution is 1.24. The molecule has 4 N–H and O–H groups in total. The lowest BCUT2D eigenvalue weighted by Crippen LogP contribution is -1.98. The lowest BCUT2D eigenvalue weighted by atomic mass is 10.1. The largest absolute Gasteiger partial charge is 0.399 e. The van der Waals surface area contributed by atoms with Crippen LogP contribution in [0.5, 0.6) is 0 Å². The standard InChI is InChI=1S/C8H11N3/c1-6(11-10)7-2-4-8(9)5-3-7/h2-5H,9-10H2,1H3/b11-6-. The highest BCUT2D eigenvalue weighted by Crippen LogP contribution is 2.05. The van der Waals surface area contributed by atoms with E-state index in [0.717, 1.165) is 17.0 Å². The van der Waals surface area contributed by atoms with Gasteiger partial charge in [0, 0.05) is 5.69 Å². The first-order valence-electron chi connectivity index (χ1n) is 3.34. The molecule has 0 spiro atoms. The summed E-state index contributed by atoms with van der Waals surface area (Å²) in [6.07, 6.45) is 0. The lowest BCUT2D eigenvalue weighted by Gasteiger charge is -1.98. The summed E-state index contributed by atoms with van der Waals surface area (Å²) in [5, 5.41) is 3.56. The van der Waals surface area contributed by atoms with E-state index in [1.807, 2.05) is 31.2 Å². The number of anilines is 1. The molecular weight excluding hydrogens is 138 g/mol. The van der Waals surface area contributed by atoms with Gasteiger partial charge in [-0.1, -0.05) is 12.1 Å². The van der Waals surface area contributed by atoms with Gasteiger partial charge in [0.15, 0.2) is 0 Å². The Morgan fingerprint density at radius 1 is 1.27 bits per heavy atom. The molecule has 0 bridgehead atoms. The van der Waals surface area contributed by atoms with E-state index in [1.165, 1.54) is 0 Å². The molecule has 0 aliphatic heterocycles. The molecule has 11 heavy (non-hydrogen) atoms. The van der Waals surface area contributed by atoms with Crippen LogP contribution in [-0.4, -0.2) is 5.71 Å². The molecule has 0 aliphatic carbocycles. The molecule has 0 amide bonds. The number of hydrazone groups is 1. The summed E-state index contributed by atoms with van der Waals surface area (Å²) in [6, 6.07) is 7.43. The SMILES string of the molecule is C/C(=N/N)c1ccc(N)cc1. The van der Waals surface area contributed by atoms with Crippen LogP contribution in [-0.2, 0) is 0 Å². The van der Waals surface area contributed by atoms with Crippen LogP contribution in [0.3, 0.4) is 0 Å². The maximum atomic E-state index is 5.50. The smallest absolute Gasteiger partial charge is 0.0641 e. The Hall–Kier alpha value is -1.51. The van der Waals surface area contributed by atoms with Gasteiger partial charge in [0.2, 0.25) is 0 Å². The molecule has 0 saturated heterocycles. The Kier molecular flexibility index (Phi) is 2.11. The molecule has 0 aromatic heterocycles. The molecule has 3 heteroatoms. The molecule has 1 rings (SSSR count). The van der Waals surface area contributed by atoms with Crippen molar-refractivity contribution < 1.29 is 0 Å². The van der Waals surface area contributed by atoms with E-state index in [2.05, 4.69) is 5.10 Å². The summed E-state index contributed by atoms with van der Waals surface area (Å²) in [4.78, 5) is 0. The maximum absolute atomic E-state index is 5.50. The van der Waals surface area contributed by atoms with Crippen LogP contribution in [0.25, 0.3) is 0 Å². The minimum absolute atomic E-state index is 0.749. The highest BCUT2D eigenvalue weighted by molar-refractivity contribution is 5.98. The van der Waals surface area contributed by atoms with Crippen molar-refractivity contribution in [3.05, 3.63) is 29.8 Å². The first-order valence-corrected chi connectivity index (χ1v) is 3.34. The van der Waals surface area contributed by atoms with Crippen molar-refractivity contribution in [3.8, 4) is 0 Å². The summed E-state index contributed by atoms with van der Waals surface area (Å²) >= 11 is 0. The zero-order valence-electron chi connectivity index (χ0n) is 6.41. The van der Waals surface area contributed by atoms with Gasteiger partial charge in [0.05, 0.1) is 5.71 Å². The predicted octanol–water partition coefficient (Wildman–Crippen LogP) is 0.952. The van der Waals surface area contributed by atoms with Crippen LogP contribution in [0.1, 0.15) is 12.5 Å². The Bertz CT molecular complexity index is 261. The predicted molar refractivity (Wildman–Crippen MR) is 47.3 cm³/mol. The van der Waals surface area contributed by atoms with E-state index in [0.29, 0.717) is 0 Å². The van der Waals surface area contributed by atoms with E-state index < -0.39 is 0 Å². The molecular formula is C8H11N3. The maximum Gasteiger partial charge on any atom is 0.0641 e. The van der Waals surface area contributed by atoms with Crippen molar-refractivity contribution in [3.63, 3.8) is 0 Å². The number of nitrogens with two attached hydrogens (primary N) is 2. The minimum atomic E-state index is 0.749. The molecule has 0 radical (unpaired) electrons. The van der Waals surface area contributed by atoms with Crippen molar-refractivity contribution in [2.24, 2.45) is 10.9 Å². The first-order chi connectivity index (χ1) is 5.24. The van der Waals surface area contributed by atoms with Gasteiger partial charge in [-0.3, -0.25) is 0 Å². The van der Waals surface area contributed by atoms with Crippen LogP contribution in [0.2, 0.25) is 0 Å². The average Bonchev–Trinajstić information content (AvgIpc) is 2.05. The van der Waals surface area contributed by atoms with Gasteiger partial charge >= 0.3 is 0 Å². The molecule has 0 atom stereocenters. The number of hydrogen-bond acceptors (Lipinski definition) is 3. The third-order valence-electron chi connectivity index (χ3n) is 1.52. The van der Waals surface area contributed by atoms with Crippen LogP contribution < -0.4 is 11.6 Å². The topological polar surface area (TPSA) is 64.4 Å². The zero-order chi connectivity index (χ0) is 8.27. The highest BCUT2D eigenvalue weighted by atomic mass is 15.1. The highest BCUT2D eigenvalue weighted by Gasteiger charge is 1.94. The Balaban J connectivity index is 2.99. The summed E-state index contributed by atoms with van der Waals surface area (Å²) in [6.45, 7) is 1.85. The van der Waals surface area contributed by atoms with Gasteiger partial charge in [0.1, 0.15) is 0 Å². The Morgan fingerprint density at radius 3 is 2.27 bits per heavy atom. The molecule has 1 aromatic rings. The van der Waals surface area contributed by atoms with E-state index >= 15 is 0 Å². The van der Waals surface area contributed by atoms with Gasteiger partial charge in [-0.25, -0.2) is 0 Å². The molecule has 0 aliphatic rings. The number of nitrogens with zero attached hydrogens (tertiary/aromatic N) is 1. The summed E-state index contributed by atoms with van der Waals surface area (Å²) < 4.78 is 0. The molecule has 3 nitrogen and oxygen atoms in total. The minimum Gasteiger partial charge on any atom is -0.399 e. The van der Waals surface area contributed by atoms with Crippen LogP contribution in [0.15, 0.2) is 29.4 Å². The van der Waals surface area contributed by atoms with Crippen LogP contribution in [0.4, 0.5) is 5.69 Å². The number of nitrogen functional groups attached to an aromatic ring is 1. The molecule has 58 valence electrons. The molecule has 1 aromatic carbocycles. The van der Waals surface area contributed by atoms with Gasteiger partial charge in [-0.15, -0.1) is 0 Å². The van der Waals surface area contributed by atoms with E-state index in [4.69, 9.17) is 11.6 Å². The fraction of sp³-hybridized carbons (Fsp3) is 0.125. The molecule has 0 unspecified atom stereocenters. The second-order valence-electron chi connectivity index (χ2n) is 2.34. The number of benzene rings is 1. The van der Waals surface area contributed by atoms with Gasteiger partial charge in [-0.05, 0) is 24.6 Å². The third kappa shape index (κ3) is 1.70. The summed E-state index contributed by atoms with van der Waals surface area (Å²) in [5.41, 5.74) is 8.06. The van der Waals surface area contributed by atoms with Gasteiger partial charge in [0.25, 0.3) is 0 Å². The zero-order valence-corrected chi connectivity index (χ0v) is 6.41. The second-order valence-corrected chi connectivity index (χ2v) is 2.34. The molecule has 0 saturated carbocycles. The quantitative estimate of drug-likeness (QED) is 0.270. The summed E-state index contributed by atoms with van der Waals surface area (Å²) in [7, 11) is 0. The van der Waals surface area contributed by atoms with Crippen molar-refractivity contribution >= 4 is 11.4 Å². The summed E-state index contributed by atoms with van der Waals surface area (Å²) in [5.74, 6) is 5.10. The van der Waals surface area contributed by atoms with E-state index in [9.17, 15) is 0 Å². The first kappa shape index (κ1) is 7.60. The van der Waals surface area contributed by atoms with Gasteiger partial charge < -0.3 is 11.6 Å². The Labute approximate surface area is 65.7 Å². The van der Waals surface area contributed by atoms with Crippen molar-refractivity contribution in [2.75, 3.05) is 5.73 Å². The van der Waals surface area contributed by atoms with Crippen molar-refractivity contribution in [1.82, 2.24) is 0 Å². The third-order valence-corrected chi connectivity index (χ3v) is 1.52. The second kappa shape index (κ2) is 3.05. The normalized spacial score (nSPS) is 11.5. The van der Waals surface area contributed by atoms with Crippen LogP contribution >= 0.6 is 0 Å². The van der Waals surface area contributed by atoms with E-state index in [1.54, 1.807) is 0 Å². The monoisotopic (exact) mass is 149 g/mol. The fourth-order valence-corrected chi connectivity index (χ4v) is 0.799. The van der Waals surface area contributed by atoms with Crippen molar-refractivity contribution in [1.29, 1.82) is 0 Å². The number of hydrogen-bond donors (Lipinski definition) is 2. The van der Waals surface area contributed by atoms with Crippen molar-refractivity contribution in [2.45, 2.75) is 6.92 Å². The van der Waals surface area contributed by atoms with Crippen LogP contribution in [0, 0.1) is 0 Å². The number of rotatable bonds is 1. The van der Waals surface area contributed by atoms with E-state index in [-0.39, 0.29) is 0 Å². The Morgan fingerprint density at radius 2 is 1.82 bits per heavy atom. The van der Waals surface area contributed by atoms with Gasteiger partial charge in [-0.2, -0.15) is 5.10 Å².